The maximum Gasteiger partial charge on any atom is 0.167 e. The van der Waals surface area contributed by atoms with E-state index in [0.29, 0.717) is 0 Å². The monoisotopic (exact) mass is 194 g/mol. The Labute approximate surface area is 81.0 Å². The first-order valence-electron chi connectivity index (χ1n) is 4.18. The molecule has 1 N–H and O–H groups in total. The van der Waals surface area contributed by atoms with Crippen LogP contribution in [0.2, 0.25) is 0 Å². The molecule has 0 spiro atoms. The van der Waals surface area contributed by atoms with Crippen LogP contribution >= 0.6 is 11.8 Å². The summed E-state index contributed by atoms with van der Waals surface area (Å²) in [7, 11) is 0. The Morgan fingerprint density at radius 2 is 2.31 bits per heavy atom. The van der Waals surface area contributed by atoms with Gasteiger partial charge in [-0.05, 0) is 18.2 Å². The molecule has 0 bridgehead atoms. The van der Waals surface area contributed by atoms with Crippen LogP contribution in [0.3, 0.4) is 0 Å². The average Bonchev–Trinajstić information content (AvgIpc) is 2.12. The van der Waals surface area contributed by atoms with Gasteiger partial charge in [-0.3, -0.25) is 4.79 Å². The van der Waals surface area contributed by atoms with Crippen LogP contribution in [0.15, 0.2) is 23.1 Å². The van der Waals surface area contributed by atoms with E-state index in [1.165, 1.54) is 0 Å². The van der Waals surface area contributed by atoms with Crippen LogP contribution in [0.5, 0.6) is 5.75 Å². The number of aromatic hydroxyl groups is 1. The Morgan fingerprint density at radius 3 is 3.08 bits per heavy atom. The predicted molar refractivity (Wildman–Crippen MR) is 52.3 cm³/mol. The molecule has 0 amide bonds. The Balaban J connectivity index is 2.50. The molecule has 1 atom stereocenters. The van der Waals surface area contributed by atoms with Gasteiger partial charge in [-0.25, -0.2) is 0 Å². The molecule has 0 aliphatic carbocycles. The minimum absolute atomic E-state index is 0.0991. The van der Waals surface area contributed by atoms with E-state index in [1.807, 2.05) is 6.92 Å². The molecule has 1 heterocycles. The molecule has 2 rings (SSSR count). The molecular weight excluding hydrogens is 184 g/mol. The van der Waals surface area contributed by atoms with E-state index >= 15 is 0 Å². The van der Waals surface area contributed by atoms with Crippen molar-refractivity contribution in [1.29, 1.82) is 0 Å². The topological polar surface area (TPSA) is 37.3 Å². The molecule has 0 aromatic heterocycles. The molecule has 0 radical (unpaired) electrons. The Hall–Kier alpha value is -0.960. The van der Waals surface area contributed by atoms with E-state index in [-0.39, 0.29) is 17.5 Å². The first-order chi connectivity index (χ1) is 6.18. The molecule has 0 saturated heterocycles. The van der Waals surface area contributed by atoms with Gasteiger partial charge in [0.25, 0.3) is 0 Å². The van der Waals surface area contributed by atoms with Gasteiger partial charge in [0, 0.05) is 22.1 Å². The molecule has 1 aliphatic heterocycles. The molecule has 1 aliphatic rings. The fourth-order valence-electron chi connectivity index (χ4n) is 1.39. The first-order valence-corrected chi connectivity index (χ1v) is 5.17. The van der Waals surface area contributed by atoms with Crippen LogP contribution in [0.4, 0.5) is 0 Å². The number of rotatable bonds is 0. The second-order valence-electron chi connectivity index (χ2n) is 3.26. The lowest BCUT2D eigenvalue weighted by atomic mass is 10.0. The lowest BCUT2D eigenvalue weighted by Gasteiger charge is -2.19. The minimum atomic E-state index is 0.0991. The number of hydrogen-bond donors (Lipinski definition) is 1. The van der Waals surface area contributed by atoms with Gasteiger partial charge in [-0.15, -0.1) is 11.8 Å². The van der Waals surface area contributed by atoms with Crippen molar-refractivity contribution in [1.82, 2.24) is 0 Å². The fraction of sp³-hybridized carbons (Fsp3) is 0.300. The molecule has 68 valence electrons. The Bertz CT molecular complexity index is 360. The molecule has 1 aromatic carbocycles. The summed E-state index contributed by atoms with van der Waals surface area (Å²) in [5, 5.41) is 9.22. The highest BCUT2D eigenvalue weighted by atomic mass is 32.2. The smallest absolute Gasteiger partial charge is 0.167 e. The summed E-state index contributed by atoms with van der Waals surface area (Å²) in [6, 6.07) is 4.93. The summed E-state index contributed by atoms with van der Waals surface area (Å²) >= 11 is 1.63. The average molecular weight is 194 g/mol. The summed E-state index contributed by atoms with van der Waals surface area (Å²) in [5.41, 5.74) is 0.751. The van der Waals surface area contributed by atoms with E-state index in [0.717, 1.165) is 16.2 Å². The van der Waals surface area contributed by atoms with Crippen LogP contribution in [-0.2, 0) is 0 Å². The molecule has 0 saturated carbocycles. The molecule has 1 unspecified atom stereocenters. The number of phenols is 1. The van der Waals surface area contributed by atoms with Crippen molar-refractivity contribution in [3.8, 4) is 5.75 Å². The lowest BCUT2D eigenvalue weighted by Crippen LogP contribution is -2.18. The van der Waals surface area contributed by atoms with Crippen LogP contribution in [0, 0.1) is 5.92 Å². The van der Waals surface area contributed by atoms with Crippen LogP contribution in [0.1, 0.15) is 17.3 Å². The van der Waals surface area contributed by atoms with Crippen LogP contribution in [0.25, 0.3) is 0 Å². The van der Waals surface area contributed by atoms with Gasteiger partial charge < -0.3 is 5.11 Å². The van der Waals surface area contributed by atoms with Crippen molar-refractivity contribution in [3.05, 3.63) is 23.8 Å². The highest BCUT2D eigenvalue weighted by Crippen LogP contribution is 2.34. The summed E-state index contributed by atoms with van der Waals surface area (Å²) in [4.78, 5) is 12.5. The number of fused-ring (bicyclic) bond motifs is 1. The summed E-state index contributed by atoms with van der Waals surface area (Å²) < 4.78 is 0. The highest BCUT2D eigenvalue weighted by molar-refractivity contribution is 7.99. The number of phenolic OH excluding ortho intramolecular Hbond substituents is 1. The van der Waals surface area contributed by atoms with Gasteiger partial charge in [-0.1, -0.05) is 6.92 Å². The van der Waals surface area contributed by atoms with E-state index in [9.17, 15) is 9.90 Å². The van der Waals surface area contributed by atoms with Crippen molar-refractivity contribution < 1.29 is 9.90 Å². The summed E-state index contributed by atoms with van der Waals surface area (Å²) in [5.74, 6) is 1.33. The van der Waals surface area contributed by atoms with E-state index in [2.05, 4.69) is 0 Å². The number of benzene rings is 1. The highest BCUT2D eigenvalue weighted by Gasteiger charge is 2.24. The van der Waals surface area contributed by atoms with Crippen molar-refractivity contribution >= 4 is 17.5 Å². The zero-order valence-electron chi connectivity index (χ0n) is 7.28. The third-order valence-electron chi connectivity index (χ3n) is 2.17. The first kappa shape index (κ1) is 8.63. The van der Waals surface area contributed by atoms with Crippen molar-refractivity contribution in [2.45, 2.75) is 11.8 Å². The normalized spacial score (nSPS) is 21.3. The maximum atomic E-state index is 11.6. The molecule has 3 heteroatoms. The van der Waals surface area contributed by atoms with Gasteiger partial charge in [0.1, 0.15) is 5.75 Å². The minimum Gasteiger partial charge on any atom is -0.508 e. The predicted octanol–water partition coefficient (Wildman–Crippen LogP) is 2.32. The van der Waals surface area contributed by atoms with E-state index < -0.39 is 0 Å². The van der Waals surface area contributed by atoms with Gasteiger partial charge >= 0.3 is 0 Å². The number of carbonyl (C=O) groups excluding carboxylic acids is 1. The fourth-order valence-corrected chi connectivity index (χ4v) is 2.50. The van der Waals surface area contributed by atoms with Crippen LogP contribution < -0.4 is 0 Å². The van der Waals surface area contributed by atoms with Gasteiger partial charge in [0.2, 0.25) is 0 Å². The molecule has 1 aromatic rings. The number of thioether (sulfide) groups is 1. The molecular formula is C10H10O2S. The largest absolute Gasteiger partial charge is 0.508 e. The molecule has 2 nitrogen and oxygen atoms in total. The number of hydrogen-bond acceptors (Lipinski definition) is 3. The maximum absolute atomic E-state index is 11.6. The summed E-state index contributed by atoms with van der Waals surface area (Å²) in [6.07, 6.45) is 0. The third-order valence-corrected chi connectivity index (χ3v) is 3.48. The zero-order valence-corrected chi connectivity index (χ0v) is 8.10. The van der Waals surface area contributed by atoms with Crippen molar-refractivity contribution in [3.63, 3.8) is 0 Å². The molecule has 0 fully saturated rings. The van der Waals surface area contributed by atoms with Gasteiger partial charge in [-0.2, -0.15) is 0 Å². The quantitative estimate of drug-likeness (QED) is 0.688. The Kier molecular flexibility index (Phi) is 2.04. The van der Waals surface area contributed by atoms with Crippen molar-refractivity contribution in [2.75, 3.05) is 5.75 Å². The van der Waals surface area contributed by atoms with Crippen molar-refractivity contribution in [2.24, 2.45) is 5.92 Å². The number of Topliss-reactive ketones (excluding diaryl/α,β-unsaturated/α-hetero) is 1. The van der Waals surface area contributed by atoms with E-state index in [1.54, 1.807) is 30.0 Å². The number of carbonyl (C=O) groups is 1. The Morgan fingerprint density at radius 1 is 1.54 bits per heavy atom. The number of ketones is 1. The molecule has 13 heavy (non-hydrogen) atoms. The lowest BCUT2D eigenvalue weighted by molar-refractivity contribution is 0.0936. The van der Waals surface area contributed by atoms with Crippen LogP contribution in [-0.4, -0.2) is 16.6 Å². The van der Waals surface area contributed by atoms with Gasteiger partial charge in [0.05, 0.1) is 0 Å². The SMILES string of the molecule is CC1CSc2cc(O)ccc2C1=O. The third kappa shape index (κ3) is 1.44. The summed E-state index contributed by atoms with van der Waals surface area (Å²) in [6.45, 7) is 1.94. The van der Waals surface area contributed by atoms with Gasteiger partial charge in [0.15, 0.2) is 5.78 Å². The van der Waals surface area contributed by atoms with E-state index in [4.69, 9.17) is 0 Å². The zero-order chi connectivity index (χ0) is 9.42. The second kappa shape index (κ2) is 3.07. The standard InChI is InChI=1S/C10H10O2S/c1-6-5-13-9-4-7(11)2-3-8(9)10(6)12/h2-4,6,11H,5H2,1H3. The second-order valence-corrected chi connectivity index (χ2v) is 4.32.